The molecule has 0 unspecified atom stereocenters. The summed E-state index contributed by atoms with van der Waals surface area (Å²) in [6.45, 7) is 5.77. The second-order valence-corrected chi connectivity index (χ2v) is 7.62. The molecule has 0 aliphatic carbocycles. The smallest absolute Gasteiger partial charge is 0.344 e. The Balaban J connectivity index is 1.49. The molecule has 3 aromatic carbocycles. The first-order valence-electron chi connectivity index (χ1n) is 10.0. The Morgan fingerprint density at radius 3 is 2.48 bits per heavy atom. The molecule has 31 heavy (non-hydrogen) atoms. The summed E-state index contributed by atoms with van der Waals surface area (Å²) in [6, 6.07) is 20.5. The van der Waals surface area contributed by atoms with Crippen LogP contribution in [0, 0.1) is 20.8 Å². The number of rotatable bonds is 5. The zero-order valence-electron chi connectivity index (χ0n) is 17.7. The third-order valence-corrected chi connectivity index (χ3v) is 5.13. The summed E-state index contributed by atoms with van der Waals surface area (Å²) in [5, 5.41) is 3.70. The predicted octanol–water partition coefficient (Wildman–Crippen LogP) is 5.40. The fourth-order valence-corrected chi connectivity index (χ4v) is 3.59. The molecule has 1 amide bonds. The minimum Gasteiger partial charge on any atom is -0.483 e. The number of carbonyl (C=O) groups excluding carboxylic acids is 1. The molecule has 1 heterocycles. The lowest BCUT2D eigenvalue weighted by Gasteiger charge is -2.12. The van der Waals surface area contributed by atoms with Crippen molar-refractivity contribution in [3.8, 4) is 16.9 Å². The van der Waals surface area contributed by atoms with Gasteiger partial charge in [-0.05, 0) is 67.8 Å². The first-order valence-corrected chi connectivity index (χ1v) is 10.0. The lowest BCUT2D eigenvalue weighted by atomic mass is 10.0. The van der Waals surface area contributed by atoms with Crippen LogP contribution in [0.4, 0.5) is 5.69 Å². The topological polar surface area (TPSA) is 68.5 Å². The third kappa shape index (κ3) is 4.51. The van der Waals surface area contributed by atoms with E-state index in [1.807, 2.05) is 75.4 Å². The highest BCUT2D eigenvalue weighted by molar-refractivity contribution is 5.92. The molecular weight excluding hydrogens is 390 g/mol. The van der Waals surface area contributed by atoms with Crippen LogP contribution in [0.25, 0.3) is 22.1 Å². The van der Waals surface area contributed by atoms with Gasteiger partial charge in [0.15, 0.2) is 6.61 Å². The largest absolute Gasteiger partial charge is 0.483 e. The van der Waals surface area contributed by atoms with Gasteiger partial charge >= 0.3 is 5.63 Å². The molecule has 5 heteroatoms. The maximum Gasteiger partial charge on any atom is 0.344 e. The monoisotopic (exact) mass is 413 g/mol. The lowest BCUT2D eigenvalue weighted by Crippen LogP contribution is -2.20. The molecule has 156 valence electrons. The van der Waals surface area contributed by atoms with Crippen molar-refractivity contribution in [3.63, 3.8) is 0 Å². The molecule has 1 N–H and O–H groups in total. The van der Waals surface area contributed by atoms with E-state index in [9.17, 15) is 9.59 Å². The predicted molar refractivity (Wildman–Crippen MR) is 123 cm³/mol. The summed E-state index contributed by atoms with van der Waals surface area (Å²) in [7, 11) is 0. The van der Waals surface area contributed by atoms with Gasteiger partial charge in [-0.2, -0.15) is 0 Å². The van der Waals surface area contributed by atoms with Crippen LogP contribution in [-0.4, -0.2) is 12.5 Å². The number of anilines is 1. The summed E-state index contributed by atoms with van der Waals surface area (Å²) in [4.78, 5) is 24.8. The van der Waals surface area contributed by atoms with Crippen LogP contribution >= 0.6 is 0 Å². The molecule has 1 aromatic heterocycles. The van der Waals surface area contributed by atoms with Gasteiger partial charge in [-0.25, -0.2) is 4.79 Å². The van der Waals surface area contributed by atoms with E-state index in [1.165, 1.54) is 0 Å². The molecule has 0 atom stereocenters. The highest BCUT2D eigenvalue weighted by Crippen LogP contribution is 2.26. The Labute approximate surface area is 180 Å². The van der Waals surface area contributed by atoms with Crippen LogP contribution in [0.2, 0.25) is 0 Å². The van der Waals surface area contributed by atoms with E-state index in [1.54, 1.807) is 12.1 Å². The van der Waals surface area contributed by atoms with Crippen LogP contribution < -0.4 is 15.7 Å². The summed E-state index contributed by atoms with van der Waals surface area (Å²) in [6.07, 6.45) is 0. The van der Waals surface area contributed by atoms with Crippen molar-refractivity contribution in [2.24, 2.45) is 0 Å². The first kappa shape index (κ1) is 20.4. The van der Waals surface area contributed by atoms with Crippen LogP contribution in [0.1, 0.15) is 16.7 Å². The minimum atomic E-state index is -0.388. The zero-order chi connectivity index (χ0) is 22.0. The maximum atomic E-state index is 12.5. The van der Waals surface area contributed by atoms with Crippen molar-refractivity contribution in [2.45, 2.75) is 20.8 Å². The third-order valence-electron chi connectivity index (χ3n) is 5.13. The number of carbonyl (C=O) groups is 1. The Kier molecular flexibility index (Phi) is 5.58. The number of hydrogen-bond acceptors (Lipinski definition) is 4. The Morgan fingerprint density at radius 1 is 0.903 bits per heavy atom. The molecule has 4 rings (SSSR count). The number of fused-ring (bicyclic) bond motifs is 1. The molecule has 0 radical (unpaired) electrons. The molecule has 0 aliphatic heterocycles. The van der Waals surface area contributed by atoms with Gasteiger partial charge in [0.1, 0.15) is 11.3 Å². The quantitative estimate of drug-likeness (QED) is 0.445. The van der Waals surface area contributed by atoms with Crippen molar-refractivity contribution >= 4 is 22.6 Å². The number of hydrogen-bond donors (Lipinski definition) is 1. The van der Waals surface area contributed by atoms with Gasteiger partial charge < -0.3 is 14.5 Å². The van der Waals surface area contributed by atoms with E-state index in [2.05, 4.69) is 5.32 Å². The Morgan fingerprint density at radius 2 is 1.71 bits per heavy atom. The van der Waals surface area contributed by atoms with Gasteiger partial charge in [0, 0.05) is 11.1 Å². The van der Waals surface area contributed by atoms with Gasteiger partial charge in [0.05, 0.1) is 5.56 Å². The Bertz CT molecular complexity index is 1340. The molecule has 0 aliphatic rings. The average molecular weight is 413 g/mol. The molecule has 0 saturated carbocycles. The van der Waals surface area contributed by atoms with Gasteiger partial charge in [0.25, 0.3) is 5.91 Å². The molecule has 0 saturated heterocycles. The van der Waals surface area contributed by atoms with Crippen molar-refractivity contribution in [2.75, 3.05) is 11.9 Å². The molecular formula is C26H23NO4. The van der Waals surface area contributed by atoms with Gasteiger partial charge in [-0.1, -0.05) is 42.0 Å². The SMILES string of the molecule is Cc1ccc(OCC(=O)Nc2ccc(-c3cc4ccccc4oc3=O)c(C)c2)c(C)c1. The highest BCUT2D eigenvalue weighted by Gasteiger charge is 2.12. The maximum absolute atomic E-state index is 12.5. The van der Waals surface area contributed by atoms with Crippen molar-refractivity contribution < 1.29 is 13.9 Å². The lowest BCUT2D eigenvalue weighted by molar-refractivity contribution is -0.118. The Hall–Kier alpha value is -3.86. The molecule has 0 fully saturated rings. The number of aryl methyl sites for hydroxylation is 3. The molecule has 4 aromatic rings. The standard InChI is InChI=1S/C26H23NO4/c1-16-8-11-23(18(3)12-16)30-15-25(28)27-20-9-10-21(17(2)13-20)22-14-19-6-4-5-7-24(19)31-26(22)29/h4-14H,15H2,1-3H3,(H,27,28). The van der Waals surface area contributed by atoms with E-state index >= 15 is 0 Å². The number of para-hydroxylation sites is 1. The summed E-state index contributed by atoms with van der Waals surface area (Å²) >= 11 is 0. The fraction of sp³-hybridized carbons (Fsp3) is 0.154. The van der Waals surface area contributed by atoms with E-state index in [0.29, 0.717) is 22.6 Å². The second kappa shape index (κ2) is 8.48. The van der Waals surface area contributed by atoms with E-state index in [4.69, 9.17) is 9.15 Å². The van der Waals surface area contributed by atoms with Crippen molar-refractivity contribution in [1.29, 1.82) is 0 Å². The number of ether oxygens (including phenoxy) is 1. The number of nitrogens with one attached hydrogen (secondary N) is 1. The van der Waals surface area contributed by atoms with Crippen molar-refractivity contribution in [3.05, 3.63) is 93.8 Å². The average Bonchev–Trinajstić information content (AvgIpc) is 2.73. The molecule has 0 spiro atoms. The minimum absolute atomic E-state index is 0.0844. The highest BCUT2D eigenvalue weighted by atomic mass is 16.5. The number of amides is 1. The van der Waals surface area contributed by atoms with E-state index in [0.717, 1.165) is 27.6 Å². The summed E-state index contributed by atoms with van der Waals surface area (Å²) < 4.78 is 11.1. The molecule has 5 nitrogen and oxygen atoms in total. The van der Waals surface area contributed by atoms with Crippen LogP contribution in [0.5, 0.6) is 5.75 Å². The first-order chi connectivity index (χ1) is 14.9. The number of benzene rings is 3. The summed E-state index contributed by atoms with van der Waals surface area (Å²) in [5.74, 6) is 0.438. The normalized spacial score (nSPS) is 10.8. The second-order valence-electron chi connectivity index (χ2n) is 7.62. The van der Waals surface area contributed by atoms with Crippen LogP contribution in [0.3, 0.4) is 0 Å². The van der Waals surface area contributed by atoms with Gasteiger partial charge in [-0.3, -0.25) is 4.79 Å². The van der Waals surface area contributed by atoms with Gasteiger partial charge in [0.2, 0.25) is 0 Å². The van der Waals surface area contributed by atoms with Crippen LogP contribution in [-0.2, 0) is 4.79 Å². The van der Waals surface area contributed by atoms with Gasteiger partial charge in [-0.15, -0.1) is 0 Å². The van der Waals surface area contributed by atoms with Crippen molar-refractivity contribution in [1.82, 2.24) is 0 Å². The molecule has 0 bridgehead atoms. The fourth-order valence-electron chi connectivity index (χ4n) is 3.59. The van der Waals surface area contributed by atoms with E-state index < -0.39 is 0 Å². The van der Waals surface area contributed by atoms with E-state index in [-0.39, 0.29) is 18.1 Å². The summed E-state index contributed by atoms with van der Waals surface area (Å²) in [5.41, 5.74) is 5.06. The van der Waals surface area contributed by atoms with Crippen LogP contribution in [0.15, 0.2) is 75.9 Å². The zero-order valence-corrected chi connectivity index (χ0v) is 17.7.